The monoisotopic (exact) mass is 178 g/mol. The van der Waals surface area contributed by atoms with Crippen LogP contribution in [0.5, 0.6) is 5.75 Å². The van der Waals surface area contributed by atoms with Gasteiger partial charge >= 0.3 is 0 Å². The van der Waals surface area contributed by atoms with Gasteiger partial charge in [0, 0.05) is 5.92 Å². The van der Waals surface area contributed by atoms with Gasteiger partial charge in [0.2, 0.25) is 0 Å². The molecule has 0 aliphatic carbocycles. The predicted octanol–water partition coefficient (Wildman–Crippen LogP) is 2.21. The lowest BCUT2D eigenvalue weighted by Gasteiger charge is -2.07. The molecule has 1 unspecified atom stereocenters. The Morgan fingerprint density at radius 3 is 2.92 bits per heavy atom. The Labute approximate surface area is 78.5 Å². The van der Waals surface area contributed by atoms with Gasteiger partial charge in [-0.05, 0) is 24.6 Å². The second kappa shape index (κ2) is 4.65. The molecule has 0 spiro atoms. The molecule has 0 radical (unpaired) electrons. The fraction of sp³-hybridized carbons (Fsp3) is 0.364. The van der Waals surface area contributed by atoms with Crippen molar-refractivity contribution in [2.75, 3.05) is 6.61 Å². The Morgan fingerprint density at radius 2 is 2.31 bits per heavy atom. The normalized spacial score (nSPS) is 12.2. The van der Waals surface area contributed by atoms with E-state index in [4.69, 9.17) is 4.74 Å². The van der Waals surface area contributed by atoms with Gasteiger partial charge in [-0.15, -0.1) is 0 Å². The van der Waals surface area contributed by atoms with Crippen LogP contribution in [0.3, 0.4) is 0 Å². The summed E-state index contributed by atoms with van der Waals surface area (Å²) >= 11 is 0. The van der Waals surface area contributed by atoms with Crippen LogP contribution >= 0.6 is 0 Å². The maximum Gasteiger partial charge on any atom is 0.126 e. The highest BCUT2D eigenvalue weighted by molar-refractivity contribution is 5.52. The SMILES string of the molecule is Cc1cccc(OCC(C)C=O)c1. The van der Waals surface area contributed by atoms with Crippen LogP contribution in [-0.4, -0.2) is 12.9 Å². The van der Waals surface area contributed by atoms with Gasteiger partial charge in [-0.25, -0.2) is 0 Å². The van der Waals surface area contributed by atoms with Crippen molar-refractivity contribution in [2.45, 2.75) is 13.8 Å². The number of carbonyl (C=O) groups is 1. The number of rotatable bonds is 4. The maximum atomic E-state index is 10.3. The van der Waals surface area contributed by atoms with Crippen molar-refractivity contribution in [1.82, 2.24) is 0 Å². The molecule has 2 heteroatoms. The summed E-state index contributed by atoms with van der Waals surface area (Å²) in [6.07, 6.45) is 0.899. The lowest BCUT2D eigenvalue weighted by atomic mass is 10.2. The molecular formula is C11H14O2. The molecule has 1 rings (SSSR count). The van der Waals surface area contributed by atoms with Gasteiger partial charge in [-0.1, -0.05) is 19.1 Å². The van der Waals surface area contributed by atoms with Gasteiger partial charge in [-0.2, -0.15) is 0 Å². The third-order valence-corrected chi connectivity index (χ3v) is 1.73. The van der Waals surface area contributed by atoms with E-state index in [-0.39, 0.29) is 5.92 Å². The summed E-state index contributed by atoms with van der Waals surface area (Å²) in [5.74, 6) is 0.786. The molecule has 70 valence electrons. The van der Waals surface area contributed by atoms with Gasteiger partial charge in [0.1, 0.15) is 12.0 Å². The Bertz CT molecular complexity index is 281. The summed E-state index contributed by atoms with van der Waals surface area (Å²) < 4.78 is 5.41. The molecule has 1 atom stereocenters. The lowest BCUT2D eigenvalue weighted by Crippen LogP contribution is -2.09. The lowest BCUT2D eigenvalue weighted by molar-refractivity contribution is -0.111. The molecule has 0 bridgehead atoms. The molecule has 0 aromatic heterocycles. The van der Waals surface area contributed by atoms with Gasteiger partial charge in [-0.3, -0.25) is 0 Å². The van der Waals surface area contributed by atoms with E-state index in [9.17, 15) is 4.79 Å². The number of hydrogen-bond donors (Lipinski definition) is 0. The van der Waals surface area contributed by atoms with Crippen LogP contribution in [0.25, 0.3) is 0 Å². The zero-order chi connectivity index (χ0) is 9.68. The van der Waals surface area contributed by atoms with Gasteiger partial charge in [0.25, 0.3) is 0 Å². The number of aldehydes is 1. The van der Waals surface area contributed by atoms with E-state index in [0.29, 0.717) is 6.61 Å². The first kappa shape index (κ1) is 9.78. The molecule has 13 heavy (non-hydrogen) atoms. The minimum atomic E-state index is -0.0412. The molecule has 0 saturated carbocycles. The van der Waals surface area contributed by atoms with Crippen molar-refractivity contribution in [3.05, 3.63) is 29.8 Å². The van der Waals surface area contributed by atoms with Crippen LogP contribution < -0.4 is 4.74 Å². The minimum Gasteiger partial charge on any atom is -0.493 e. The average molecular weight is 178 g/mol. The van der Waals surface area contributed by atoms with Gasteiger partial charge in [0.15, 0.2) is 0 Å². The number of ether oxygens (including phenoxy) is 1. The highest BCUT2D eigenvalue weighted by Crippen LogP contribution is 2.12. The molecule has 0 N–H and O–H groups in total. The summed E-state index contributed by atoms with van der Waals surface area (Å²) in [5, 5.41) is 0. The largest absolute Gasteiger partial charge is 0.493 e. The summed E-state index contributed by atoms with van der Waals surface area (Å²) in [6.45, 7) is 4.30. The van der Waals surface area contributed by atoms with Crippen LogP contribution in [0.4, 0.5) is 0 Å². The van der Waals surface area contributed by atoms with Crippen molar-refractivity contribution in [3.8, 4) is 5.75 Å². The molecule has 0 aliphatic rings. The Morgan fingerprint density at radius 1 is 1.54 bits per heavy atom. The molecule has 0 heterocycles. The molecular weight excluding hydrogens is 164 g/mol. The fourth-order valence-electron chi connectivity index (χ4n) is 0.972. The number of hydrogen-bond acceptors (Lipinski definition) is 2. The third-order valence-electron chi connectivity index (χ3n) is 1.73. The van der Waals surface area contributed by atoms with Gasteiger partial charge in [0.05, 0.1) is 6.61 Å². The predicted molar refractivity (Wildman–Crippen MR) is 51.9 cm³/mol. The standard InChI is InChI=1S/C11H14O2/c1-9-4-3-5-11(6-9)13-8-10(2)7-12/h3-7,10H,8H2,1-2H3. The second-order valence-electron chi connectivity index (χ2n) is 3.24. The second-order valence-corrected chi connectivity index (χ2v) is 3.24. The van der Waals surface area contributed by atoms with E-state index in [0.717, 1.165) is 17.6 Å². The highest BCUT2D eigenvalue weighted by Gasteiger charge is 2.00. The Balaban J connectivity index is 2.49. The summed E-state index contributed by atoms with van der Waals surface area (Å²) in [6, 6.07) is 7.80. The average Bonchev–Trinajstić information content (AvgIpc) is 2.14. The van der Waals surface area contributed by atoms with E-state index in [2.05, 4.69) is 0 Å². The van der Waals surface area contributed by atoms with E-state index in [1.54, 1.807) is 0 Å². The first-order chi connectivity index (χ1) is 6.22. The minimum absolute atomic E-state index is 0.0412. The molecule has 2 nitrogen and oxygen atoms in total. The number of aryl methyl sites for hydroxylation is 1. The molecule has 0 saturated heterocycles. The van der Waals surface area contributed by atoms with Crippen LogP contribution in [0, 0.1) is 12.8 Å². The van der Waals surface area contributed by atoms with Crippen molar-refractivity contribution in [1.29, 1.82) is 0 Å². The van der Waals surface area contributed by atoms with Crippen molar-refractivity contribution in [2.24, 2.45) is 5.92 Å². The highest BCUT2D eigenvalue weighted by atomic mass is 16.5. The summed E-state index contributed by atoms with van der Waals surface area (Å²) in [5.41, 5.74) is 1.16. The molecule has 0 aliphatic heterocycles. The van der Waals surface area contributed by atoms with Crippen molar-refractivity contribution < 1.29 is 9.53 Å². The van der Waals surface area contributed by atoms with Gasteiger partial charge < -0.3 is 9.53 Å². The zero-order valence-corrected chi connectivity index (χ0v) is 7.99. The van der Waals surface area contributed by atoms with Crippen LogP contribution in [0.15, 0.2) is 24.3 Å². The first-order valence-corrected chi connectivity index (χ1v) is 4.37. The molecule has 1 aromatic carbocycles. The topological polar surface area (TPSA) is 26.3 Å². The zero-order valence-electron chi connectivity index (χ0n) is 7.99. The molecule has 0 amide bonds. The van der Waals surface area contributed by atoms with E-state index >= 15 is 0 Å². The van der Waals surface area contributed by atoms with Crippen LogP contribution in [0.1, 0.15) is 12.5 Å². The molecule has 1 aromatic rings. The third kappa shape index (κ3) is 3.28. The van der Waals surface area contributed by atoms with E-state index in [1.807, 2.05) is 38.1 Å². The van der Waals surface area contributed by atoms with Crippen LogP contribution in [-0.2, 0) is 4.79 Å². The summed E-state index contributed by atoms with van der Waals surface area (Å²) in [4.78, 5) is 10.3. The number of carbonyl (C=O) groups excluding carboxylic acids is 1. The van der Waals surface area contributed by atoms with Crippen LogP contribution in [0.2, 0.25) is 0 Å². The Hall–Kier alpha value is -1.31. The smallest absolute Gasteiger partial charge is 0.126 e. The van der Waals surface area contributed by atoms with E-state index < -0.39 is 0 Å². The van der Waals surface area contributed by atoms with Crippen molar-refractivity contribution >= 4 is 6.29 Å². The maximum absolute atomic E-state index is 10.3. The fourth-order valence-corrected chi connectivity index (χ4v) is 0.972. The van der Waals surface area contributed by atoms with Crippen molar-refractivity contribution in [3.63, 3.8) is 0 Å². The Kier molecular flexibility index (Phi) is 3.50. The number of benzene rings is 1. The quantitative estimate of drug-likeness (QED) is 0.661. The first-order valence-electron chi connectivity index (χ1n) is 4.37. The molecule has 0 fully saturated rings. The summed E-state index contributed by atoms with van der Waals surface area (Å²) in [7, 11) is 0. The van der Waals surface area contributed by atoms with E-state index in [1.165, 1.54) is 0 Å².